The standard InChI is InChI=1S/C14H18N2O2/c15-11-4-6-12(7-5-11)16-10-14(18-13(16)17)8-2-1-3-9-14/h4-7H,1-3,8-10,15H2. The number of nitrogens with zero attached hydrogens (tertiary/aromatic N) is 1. The summed E-state index contributed by atoms with van der Waals surface area (Å²) in [6, 6.07) is 7.37. The second kappa shape index (κ2) is 4.19. The van der Waals surface area contributed by atoms with Gasteiger partial charge in [0.15, 0.2) is 0 Å². The van der Waals surface area contributed by atoms with Crippen LogP contribution in [0.1, 0.15) is 32.1 Å². The van der Waals surface area contributed by atoms with Gasteiger partial charge in [-0.25, -0.2) is 4.79 Å². The molecule has 2 aliphatic rings. The molecule has 1 heterocycles. The summed E-state index contributed by atoms with van der Waals surface area (Å²) in [5.41, 5.74) is 7.00. The van der Waals surface area contributed by atoms with E-state index in [2.05, 4.69) is 0 Å². The highest BCUT2D eigenvalue weighted by Crippen LogP contribution is 2.38. The molecule has 4 heteroatoms. The maximum absolute atomic E-state index is 12.0. The number of carbonyl (C=O) groups is 1. The Morgan fingerprint density at radius 3 is 2.44 bits per heavy atom. The first-order chi connectivity index (χ1) is 8.69. The van der Waals surface area contributed by atoms with Crippen molar-refractivity contribution >= 4 is 17.5 Å². The number of rotatable bonds is 1. The Bertz CT molecular complexity index is 449. The van der Waals surface area contributed by atoms with Crippen molar-refractivity contribution in [2.45, 2.75) is 37.7 Å². The number of anilines is 2. The van der Waals surface area contributed by atoms with Gasteiger partial charge < -0.3 is 10.5 Å². The third-order valence-corrected chi connectivity index (χ3v) is 3.94. The summed E-state index contributed by atoms with van der Waals surface area (Å²) in [4.78, 5) is 13.7. The fourth-order valence-corrected chi connectivity index (χ4v) is 2.93. The maximum atomic E-state index is 12.0. The van der Waals surface area contributed by atoms with Crippen LogP contribution in [0.25, 0.3) is 0 Å². The van der Waals surface area contributed by atoms with Gasteiger partial charge in [-0.3, -0.25) is 4.90 Å². The van der Waals surface area contributed by atoms with Crippen LogP contribution in [0.4, 0.5) is 16.2 Å². The summed E-state index contributed by atoms with van der Waals surface area (Å²) in [5, 5.41) is 0. The number of ether oxygens (including phenoxy) is 1. The van der Waals surface area contributed by atoms with E-state index in [0.717, 1.165) is 31.4 Å². The summed E-state index contributed by atoms with van der Waals surface area (Å²) in [7, 11) is 0. The summed E-state index contributed by atoms with van der Waals surface area (Å²) in [5.74, 6) is 0. The van der Waals surface area contributed by atoms with Gasteiger partial charge in [0.1, 0.15) is 5.60 Å². The van der Waals surface area contributed by atoms with Crippen LogP contribution in [0.3, 0.4) is 0 Å². The summed E-state index contributed by atoms with van der Waals surface area (Å²) >= 11 is 0. The van der Waals surface area contributed by atoms with Gasteiger partial charge in [0.25, 0.3) is 0 Å². The minimum Gasteiger partial charge on any atom is -0.441 e. The van der Waals surface area contributed by atoms with Crippen LogP contribution in [-0.2, 0) is 4.74 Å². The fourth-order valence-electron chi connectivity index (χ4n) is 2.93. The van der Waals surface area contributed by atoms with Gasteiger partial charge in [0, 0.05) is 11.4 Å². The van der Waals surface area contributed by atoms with Gasteiger partial charge in [-0.1, -0.05) is 6.42 Å². The number of amides is 1. The van der Waals surface area contributed by atoms with Crippen LogP contribution < -0.4 is 10.6 Å². The highest BCUT2D eigenvalue weighted by atomic mass is 16.6. The van der Waals surface area contributed by atoms with Crippen molar-refractivity contribution in [2.75, 3.05) is 17.2 Å². The van der Waals surface area contributed by atoms with Gasteiger partial charge in [-0.15, -0.1) is 0 Å². The van der Waals surface area contributed by atoms with Crippen molar-refractivity contribution in [1.29, 1.82) is 0 Å². The van der Waals surface area contributed by atoms with E-state index in [1.165, 1.54) is 6.42 Å². The van der Waals surface area contributed by atoms with Crippen molar-refractivity contribution in [1.82, 2.24) is 0 Å². The van der Waals surface area contributed by atoms with E-state index in [9.17, 15) is 4.79 Å². The molecule has 1 aliphatic carbocycles. The van der Waals surface area contributed by atoms with Crippen molar-refractivity contribution in [3.05, 3.63) is 24.3 Å². The zero-order chi connectivity index (χ0) is 12.6. The number of hydrogen-bond donors (Lipinski definition) is 1. The molecule has 3 rings (SSSR count). The normalized spacial score (nSPS) is 22.2. The van der Waals surface area contributed by atoms with E-state index in [0.29, 0.717) is 12.2 Å². The molecule has 0 atom stereocenters. The Kier molecular flexibility index (Phi) is 2.65. The maximum Gasteiger partial charge on any atom is 0.415 e. The second-order valence-corrected chi connectivity index (χ2v) is 5.29. The average Bonchev–Trinajstić information content (AvgIpc) is 2.68. The molecule has 2 N–H and O–H groups in total. The molecule has 0 aromatic heterocycles. The Morgan fingerprint density at radius 2 is 1.78 bits per heavy atom. The Labute approximate surface area is 107 Å². The molecular weight excluding hydrogens is 228 g/mol. The molecule has 1 saturated carbocycles. The lowest BCUT2D eigenvalue weighted by molar-refractivity contribution is 0.0260. The van der Waals surface area contributed by atoms with Gasteiger partial charge in [-0.2, -0.15) is 0 Å². The molecule has 4 nitrogen and oxygen atoms in total. The smallest absolute Gasteiger partial charge is 0.415 e. The van der Waals surface area contributed by atoms with Crippen LogP contribution in [0.5, 0.6) is 0 Å². The molecular formula is C14H18N2O2. The zero-order valence-corrected chi connectivity index (χ0v) is 10.4. The van der Waals surface area contributed by atoms with Gasteiger partial charge >= 0.3 is 6.09 Å². The summed E-state index contributed by atoms with van der Waals surface area (Å²) < 4.78 is 5.64. The molecule has 0 unspecified atom stereocenters. The molecule has 18 heavy (non-hydrogen) atoms. The topological polar surface area (TPSA) is 55.6 Å². The number of benzene rings is 1. The molecule has 1 aliphatic heterocycles. The predicted octanol–water partition coefficient (Wildman–Crippen LogP) is 2.93. The zero-order valence-electron chi connectivity index (χ0n) is 10.4. The molecule has 1 aromatic carbocycles. The van der Waals surface area contributed by atoms with E-state index in [1.54, 1.807) is 4.90 Å². The van der Waals surface area contributed by atoms with Crippen molar-refractivity contribution in [2.24, 2.45) is 0 Å². The third-order valence-electron chi connectivity index (χ3n) is 3.94. The van der Waals surface area contributed by atoms with E-state index in [4.69, 9.17) is 10.5 Å². The summed E-state index contributed by atoms with van der Waals surface area (Å²) in [6.07, 6.45) is 5.32. The van der Waals surface area contributed by atoms with Crippen molar-refractivity contribution in [3.63, 3.8) is 0 Å². The quantitative estimate of drug-likeness (QED) is 0.775. The van der Waals surface area contributed by atoms with Crippen LogP contribution in [0, 0.1) is 0 Å². The van der Waals surface area contributed by atoms with E-state index in [1.807, 2.05) is 24.3 Å². The van der Waals surface area contributed by atoms with Crippen LogP contribution >= 0.6 is 0 Å². The summed E-state index contributed by atoms with van der Waals surface area (Å²) in [6.45, 7) is 0.676. The van der Waals surface area contributed by atoms with Crippen molar-refractivity contribution in [3.8, 4) is 0 Å². The van der Waals surface area contributed by atoms with Crippen LogP contribution in [0.15, 0.2) is 24.3 Å². The monoisotopic (exact) mass is 246 g/mol. The number of carbonyl (C=O) groups excluding carboxylic acids is 1. The predicted molar refractivity (Wildman–Crippen MR) is 70.5 cm³/mol. The molecule has 1 saturated heterocycles. The largest absolute Gasteiger partial charge is 0.441 e. The average molecular weight is 246 g/mol. The molecule has 1 aromatic rings. The fraction of sp³-hybridized carbons (Fsp3) is 0.500. The van der Waals surface area contributed by atoms with Crippen molar-refractivity contribution < 1.29 is 9.53 Å². The first kappa shape index (κ1) is 11.4. The lowest BCUT2D eigenvalue weighted by atomic mass is 9.85. The lowest BCUT2D eigenvalue weighted by Gasteiger charge is -2.30. The first-order valence-corrected chi connectivity index (χ1v) is 6.55. The number of hydrogen-bond acceptors (Lipinski definition) is 3. The minimum absolute atomic E-state index is 0.221. The van der Waals surface area contributed by atoms with Crippen LogP contribution in [0.2, 0.25) is 0 Å². The molecule has 0 bridgehead atoms. The number of nitrogens with two attached hydrogens (primary N) is 1. The molecule has 1 amide bonds. The second-order valence-electron chi connectivity index (χ2n) is 5.29. The van der Waals surface area contributed by atoms with E-state index < -0.39 is 0 Å². The first-order valence-electron chi connectivity index (χ1n) is 6.55. The highest BCUT2D eigenvalue weighted by molar-refractivity contribution is 5.90. The SMILES string of the molecule is Nc1ccc(N2CC3(CCCCC3)OC2=O)cc1. The molecule has 2 fully saturated rings. The van der Waals surface area contributed by atoms with E-state index >= 15 is 0 Å². The lowest BCUT2D eigenvalue weighted by Crippen LogP contribution is -2.36. The van der Waals surface area contributed by atoms with E-state index in [-0.39, 0.29) is 11.7 Å². The molecule has 0 radical (unpaired) electrons. The minimum atomic E-state index is -0.239. The third kappa shape index (κ3) is 1.92. The highest BCUT2D eigenvalue weighted by Gasteiger charge is 2.45. The van der Waals surface area contributed by atoms with Gasteiger partial charge in [-0.05, 0) is 49.9 Å². The van der Waals surface area contributed by atoms with Gasteiger partial charge in [0.05, 0.1) is 6.54 Å². The van der Waals surface area contributed by atoms with Crippen LogP contribution in [-0.4, -0.2) is 18.2 Å². The number of nitrogen functional groups attached to an aromatic ring is 1. The Balaban J connectivity index is 1.82. The Morgan fingerprint density at radius 1 is 1.11 bits per heavy atom. The molecule has 1 spiro atoms. The van der Waals surface area contributed by atoms with Gasteiger partial charge in [0.2, 0.25) is 0 Å². The Hall–Kier alpha value is -1.71. The molecule has 96 valence electrons.